The Hall–Kier alpha value is -2.35. The number of fused-ring (bicyclic) bond motifs is 1. The lowest BCUT2D eigenvalue weighted by Gasteiger charge is -2.37. The summed E-state index contributed by atoms with van der Waals surface area (Å²) in [6.45, 7) is 10.1. The van der Waals surface area contributed by atoms with Crippen LogP contribution < -0.4 is 10.2 Å². The van der Waals surface area contributed by atoms with Gasteiger partial charge >= 0.3 is 0 Å². The Bertz CT molecular complexity index is 1080. The molecular formula is C26H32N4O2S. The zero-order valence-electron chi connectivity index (χ0n) is 19.4. The molecule has 3 aliphatic heterocycles. The van der Waals surface area contributed by atoms with Gasteiger partial charge in [-0.25, -0.2) is 0 Å². The van der Waals surface area contributed by atoms with E-state index < -0.39 is 0 Å². The molecule has 2 saturated heterocycles. The van der Waals surface area contributed by atoms with E-state index in [9.17, 15) is 9.59 Å². The molecule has 1 N–H and O–H groups in total. The van der Waals surface area contributed by atoms with Crippen LogP contribution in [0.2, 0.25) is 0 Å². The van der Waals surface area contributed by atoms with E-state index in [2.05, 4.69) is 70.3 Å². The van der Waals surface area contributed by atoms with Crippen LogP contribution in [0.3, 0.4) is 0 Å². The van der Waals surface area contributed by atoms with Crippen molar-refractivity contribution in [2.75, 3.05) is 31.1 Å². The molecule has 2 aromatic carbocycles. The predicted molar refractivity (Wildman–Crippen MR) is 133 cm³/mol. The number of aryl methyl sites for hydroxylation is 2. The minimum absolute atomic E-state index is 0.120. The van der Waals surface area contributed by atoms with Crippen molar-refractivity contribution in [2.45, 2.75) is 51.2 Å². The van der Waals surface area contributed by atoms with Gasteiger partial charge < -0.3 is 4.90 Å². The number of piperazine rings is 1. The summed E-state index contributed by atoms with van der Waals surface area (Å²) in [6.07, 6.45) is 0.951. The van der Waals surface area contributed by atoms with Gasteiger partial charge in [-0.05, 0) is 48.6 Å². The summed E-state index contributed by atoms with van der Waals surface area (Å²) in [4.78, 5) is 31.2. The Kier molecular flexibility index (Phi) is 6.20. The van der Waals surface area contributed by atoms with Crippen molar-refractivity contribution in [3.63, 3.8) is 0 Å². The Morgan fingerprint density at radius 2 is 1.85 bits per heavy atom. The molecule has 0 aromatic heterocycles. The number of amides is 2. The zero-order valence-corrected chi connectivity index (χ0v) is 20.3. The van der Waals surface area contributed by atoms with Gasteiger partial charge in [0.15, 0.2) is 0 Å². The molecule has 0 radical (unpaired) electrons. The summed E-state index contributed by atoms with van der Waals surface area (Å²) < 4.78 is 0. The van der Waals surface area contributed by atoms with E-state index in [-0.39, 0.29) is 23.2 Å². The average molecular weight is 465 g/mol. The molecule has 2 atom stereocenters. The standard InChI is InChI=1S/C26H32N4O2S/c1-17-6-7-22(18(2)14-17)29-12-10-28(11-13-29)15-19-4-3-5-20-21(19)16-30(26(20)33)23-8-9-24(31)27-25(23)32/h3-7,14,23,26,33H,8-13,15-16H2,1-2H3,(H,27,31,32). The van der Waals surface area contributed by atoms with Crippen LogP contribution in [0.1, 0.15) is 46.0 Å². The van der Waals surface area contributed by atoms with Crippen LogP contribution in [0.5, 0.6) is 0 Å². The summed E-state index contributed by atoms with van der Waals surface area (Å²) in [5.41, 5.74) is 7.80. The average Bonchev–Trinajstić information content (AvgIpc) is 3.12. The van der Waals surface area contributed by atoms with Gasteiger partial charge in [-0.1, -0.05) is 35.9 Å². The maximum atomic E-state index is 12.5. The number of carbonyl (C=O) groups excluding carboxylic acids is 2. The van der Waals surface area contributed by atoms with Crippen molar-refractivity contribution < 1.29 is 9.59 Å². The van der Waals surface area contributed by atoms with Gasteiger partial charge in [0.25, 0.3) is 0 Å². The molecule has 2 amide bonds. The second-order valence-electron chi connectivity index (χ2n) is 9.55. The number of rotatable bonds is 4. The molecule has 174 valence electrons. The Balaban J connectivity index is 1.26. The largest absolute Gasteiger partial charge is 0.369 e. The summed E-state index contributed by atoms with van der Waals surface area (Å²) in [5.74, 6) is -0.369. The molecule has 3 aliphatic rings. The highest BCUT2D eigenvalue weighted by Gasteiger charge is 2.39. The fraction of sp³-hybridized carbons (Fsp3) is 0.462. The Labute approximate surface area is 201 Å². The number of anilines is 1. The lowest BCUT2D eigenvalue weighted by molar-refractivity contribution is -0.137. The lowest BCUT2D eigenvalue weighted by Crippen LogP contribution is -2.51. The number of hydrogen-bond acceptors (Lipinski definition) is 6. The lowest BCUT2D eigenvalue weighted by atomic mass is 10.0. The molecule has 0 bridgehead atoms. The number of thiol groups is 1. The first-order valence-corrected chi connectivity index (χ1v) is 12.3. The first-order chi connectivity index (χ1) is 15.9. The SMILES string of the molecule is Cc1ccc(N2CCN(Cc3cccc4c3CN(C3CCC(=O)NC3=O)C4S)CC2)c(C)c1. The minimum atomic E-state index is -0.299. The second-order valence-corrected chi connectivity index (χ2v) is 10.0. The minimum Gasteiger partial charge on any atom is -0.369 e. The van der Waals surface area contributed by atoms with Crippen molar-refractivity contribution in [3.8, 4) is 0 Å². The second kappa shape index (κ2) is 9.12. The molecular weight excluding hydrogens is 432 g/mol. The molecule has 0 aliphatic carbocycles. The smallest absolute Gasteiger partial charge is 0.243 e. The molecule has 3 heterocycles. The van der Waals surface area contributed by atoms with Crippen LogP contribution in [0.25, 0.3) is 0 Å². The predicted octanol–water partition coefficient (Wildman–Crippen LogP) is 3.17. The van der Waals surface area contributed by atoms with Crippen molar-refractivity contribution >= 4 is 30.1 Å². The van der Waals surface area contributed by atoms with E-state index in [1.54, 1.807) is 0 Å². The number of carbonyl (C=O) groups is 2. The van der Waals surface area contributed by atoms with E-state index in [0.29, 0.717) is 19.4 Å². The van der Waals surface area contributed by atoms with Crippen LogP contribution in [0.4, 0.5) is 5.69 Å². The topological polar surface area (TPSA) is 55.9 Å². The Morgan fingerprint density at radius 1 is 1.06 bits per heavy atom. The van der Waals surface area contributed by atoms with E-state index in [1.807, 2.05) is 0 Å². The molecule has 6 nitrogen and oxygen atoms in total. The maximum absolute atomic E-state index is 12.5. The molecule has 2 aromatic rings. The molecule has 2 unspecified atom stereocenters. The number of piperidine rings is 1. The number of nitrogens with zero attached hydrogens (tertiary/aromatic N) is 3. The third kappa shape index (κ3) is 4.42. The van der Waals surface area contributed by atoms with Gasteiger partial charge in [0.05, 0.1) is 11.4 Å². The first-order valence-electron chi connectivity index (χ1n) is 11.8. The fourth-order valence-electron chi connectivity index (χ4n) is 5.51. The van der Waals surface area contributed by atoms with Crippen LogP contribution in [-0.2, 0) is 22.7 Å². The van der Waals surface area contributed by atoms with Crippen LogP contribution >= 0.6 is 12.6 Å². The summed E-state index contributed by atoms with van der Waals surface area (Å²) in [7, 11) is 0. The van der Waals surface area contributed by atoms with Gasteiger partial charge in [-0.15, -0.1) is 0 Å². The van der Waals surface area contributed by atoms with E-state index in [1.165, 1.54) is 33.5 Å². The number of benzene rings is 2. The maximum Gasteiger partial charge on any atom is 0.243 e. The zero-order chi connectivity index (χ0) is 23.1. The van der Waals surface area contributed by atoms with Crippen molar-refractivity contribution in [2.24, 2.45) is 0 Å². The van der Waals surface area contributed by atoms with Gasteiger partial charge in [-0.3, -0.25) is 24.7 Å². The van der Waals surface area contributed by atoms with Crippen LogP contribution in [-0.4, -0.2) is 53.8 Å². The van der Waals surface area contributed by atoms with E-state index in [0.717, 1.165) is 32.7 Å². The van der Waals surface area contributed by atoms with Crippen molar-refractivity contribution in [1.82, 2.24) is 15.1 Å². The first kappa shape index (κ1) is 22.4. The summed E-state index contributed by atoms with van der Waals surface area (Å²) >= 11 is 4.86. The molecule has 5 rings (SSSR count). The van der Waals surface area contributed by atoms with Crippen molar-refractivity contribution in [3.05, 3.63) is 64.2 Å². The highest BCUT2D eigenvalue weighted by atomic mass is 32.1. The van der Waals surface area contributed by atoms with Gasteiger partial charge in [0.2, 0.25) is 11.8 Å². The van der Waals surface area contributed by atoms with E-state index in [4.69, 9.17) is 12.6 Å². The molecule has 7 heteroatoms. The number of imide groups is 1. The summed E-state index contributed by atoms with van der Waals surface area (Å²) in [6, 6.07) is 12.9. The van der Waals surface area contributed by atoms with Gasteiger partial charge in [-0.2, -0.15) is 12.6 Å². The van der Waals surface area contributed by atoms with E-state index >= 15 is 0 Å². The summed E-state index contributed by atoms with van der Waals surface area (Å²) in [5, 5.41) is 2.37. The highest BCUT2D eigenvalue weighted by Crippen LogP contribution is 2.41. The normalized spacial score (nSPS) is 24.2. The van der Waals surface area contributed by atoms with Crippen LogP contribution in [0, 0.1) is 13.8 Å². The molecule has 2 fully saturated rings. The molecule has 33 heavy (non-hydrogen) atoms. The third-order valence-electron chi connectivity index (χ3n) is 7.31. The highest BCUT2D eigenvalue weighted by molar-refractivity contribution is 7.80. The Morgan fingerprint density at radius 3 is 2.58 bits per heavy atom. The van der Waals surface area contributed by atoms with Gasteiger partial charge in [0.1, 0.15) is 0 Å². The van der Waals surface area contributed by atoms with Crippen molar-refractivity contribution in [1.29, 1.82) is 0 Å². The molecule has 0 saturated carbocycles. The number of nitrogens with one attached hydrogen (secondary N) is 1. The monoisotopic (exact) mass is 464 g/mol. The fourth-order valence-corrected chi connectivity index (χ4v) is 6.00. The van der Waals surface area contributed by atoms with Gasteiger partial charge in [0, 0.05) is 51.4 Å². The number of hydrogen-bond donors (Lipinski definition) is 2. The van der Waals surface area contributed by atoms with Crippen LogP contribution in [0.15, 0.2) is 36.4 Å². The quantitative estimate of drug-likeness (QED) is 0.538. The third-order valence-corrected chi connectivity index (χ3v) is 7.89. The molecule has 0 spiro atoms.